The van der Waals surface area contributed by atoms with E-state index in [9.17, 15) is 9.59 Å². The molecule has 1 aliphatic rings. The highest BCUT2D eigenvalue weighted by Gasteiger charge is 2.17. The number of ether oxygens (including phenoxy) is 2. The van der Waals surface area contributed by atoms with Crippen LogP contribution in [-0.4, -0.2) is 25.0 Å². The Bertz CT molecular complexity index is 823. The maximum Gasteiger partial charge on any atom is 0.262 e. The van der Waals surface area contributed by atoms with Crippen LogP contribution in [0.25, 0.3) is 0 Å². The molecule has 2 aromatic rings. The van der Waals surface area contributed by atoms with E-state index in [0.717, 1.165) is 5.69 Å². The van der Waals surface area contributed by atoms with E-state index in [1.54, 1.807) is 18.2 Å². The highest BCUT2D eigenvalue weighted by molar-refractivity contribution is 5.95. The summed E-state index contributed by atoms with van der Waals surface area (Å²) in [4.78, 5) is 23.4. The van der Waals surface area contributed by atoms with Crippen molar-refractivity contribution in [1.82, 2.24) is 0 Å². The minimum Gasteiger partial charge on any atom is -0.484 e. The van der Waals surface area contributed by atoms with E-state index in [1.165, 1.54) is 5.56 Å². The Labute approximate surface area is 152 Å². The van der Waals surface area contributed by atoms with Crippen molar-refractivity contribution in [3.8, 4) is 11.5 Å². The van der Waals surface area contributed by atoms with Gasteiger partial charge in [0.25, 0.3) is 11.8 Å². The van der Waals surface area contributed by atoms with Gasteiger partial charge >= 0.3 is 0 Å². The average Bonchev–Trinajstić information content (AvgIpc) is 2.59. The van der Waals surface area contributed by atoms with Crippen LogP contribution in [-0.2, 0) is 15.0 Å². The van der Waals surface area contributed by atoms with E-state index >= 15 is 0 Å². The van der Waals surface area contributed by atoms with E-state index < -0.39 is 0 Å². The standard InChI is InChI=1S/C20H22N2O4/c1-20(2,3)13-4-6-14(7-5-13)21-18(23)11-25-15-8-9-17-16(10-15)22-19(24)12-26-17/h4-10H,11-12H2,1-3H3,(H,21,23)(H,22,24). The maximum absolute atomic E-state index is 12.1. The van der Waals surface area contributed by atoms with Gasteiger partial charge in [0.2, 0.25) is 0 Å². The Balaban J connectivity index is 1.56. The molecule has 136 valence electrons. The first-order valence-electron chi connectivity index (χ1n) is 8.41. The largest absolute Gasteiger partial charge is 0.484 e. The van der Waals surface area contributed by atoms with E-state index in [0.29, 0.717) is 17.2 Å². The molecule has 2 N–H and O–H groups in total. The Morgan fingerprint density at radius 3 is 2.62 bits per heavy atom. The van der Waals surface area contributed by atoms with Gasteiger partial charge in [-0.1, -0.05) is 32.9 Å². The number of amides is 2. The molecule has 0 unspecified atom stereocenters. The third-order valence-corrected chi connectivity index (χ3v) is 3.99. The molecule has 3 rings (SSSR count). The van der Waals surface area contributed by atoms with Crippen molar-refractivity contribution >= 4 is 23.2 Å². The molecule has 0 spiro atoms. The van der Waals surface area contributed by atoms with Gasteiger partial charge in [-0.15, -0.1) is 0 Å². The van der Waals surface area contributed by atoms with Crippen LogP contribution in [0.5, 0.6) is 11.5 Å². The molecule has 0 atom stereocenters. The van der Waals surface area contributed by atoms with E-state index in [2.05, 4.69) is 31.4 Å². The lowest BCUT2D eigenvalue weighted by Crippen LogP contribution is -2.25. The molecule has 6 heteroatoms. The fourth-order valence-electron chi connectivity index (χ4n) is 2.55. The summed E-state index contributed by atoms with van der Waals surface area (Å²) >= 11 is 0. The van der Waals surface area contributed by atoms with Crippen LogP contribution in [0, 0.1) is 0 Å². The van der Waals surface area contributed by atoms with Crippen LogP contribution in [0.15, 0.2) is 42.5 Å². The highest BCUT2D eigenvalue weighted by Crippen LogP contribution is 2.31. The number of rotatable bonds is 4. The molecule has 1 aliphatic heterocycles. The molecule has 0 fully saturated rings. The van der Waals surface area contributed by atoms with Crippen LogP contribution in [0.1, 0.15) is 26.3 Å². The van der Waals surface area contributed by atoms with Crippen molar-refractivity contribution in [2.75, 3.05) is 23.8 Å². The summed E-state index contributed by atoms with van der Waals surface area (Å²) in [7, 11) is 0. The molecule has 0 radical (unpaired) electrons. The number of nitrogens with one attached hydrogen (secondary N) is 2. The molecule has 0 saturated heterocycles. The molecule has 2 amide bonds. The van der Waals surface area contributed by atoms with Crippen LogP contribution in [0.3, 0.4) is 0 Å². The van der Waals surface area contributed by atoms with Gasteiger partial charge in [-0.25, -0.2) is 0 Å². The van der Waals surface area contributed by atoms with Crippen molar-refractivity contribution in [2.45, 2.75) is 26.2 Å². The molecule has 0 saturated carbocycles. The van der Waals surface area contributed by atoms with E-state index in [-0.39, 0.29) is 30.4 Å². The summed E-state index contributed by atoms with van der Waals surface area (Å²) in [6.45, 7) is 6.29. The van der Waals surface area contributed by atoms with Gasteiger partial charge in [0.05, 0.1) is 5.69 Å². The van der Waals surface area contributed by atoms with Crippen molar-refractivity contribution in [3.63, 3.8) is 0 Å². The fourth-order valence-corrected chi connectivity index (χ4v) is 2.55. The van der Waals surface area contributed by atoms with Crippen molar-refractivity contribution in [3.05, 3.63) is 48.0 Å². The van der Waals surface area contributed by atoms with Crippen molar-refractivity contribution in [2.24, 2.45) is 0 Å². The lowest BCUT2D eigenvalue weighted by Gasteiger charge is -2.19. The number of carbonyl (C=O) groups excluding carboxylic acids is 2. The van der Waals surface area contributed by atoms with Crippen LogP contribution >= 0.6 is 0 Å². The zero-order valence-electron chi connectivity index (χ0n) is 15.1. The fraction of sp³-hybridized carbons (Fsp3) is 0.300. The number of hydrogen-bond acceptors (Lipinski definition) is 4. The van der Waals surface area contributed by atoms with Crippen LogP contribution < -0.4 is 20.1 Å². The zero-order valence-corrected chi connectivity index (χ0v) is 15.1. The van der Waals surface area contributed by atoms with E-state index in [1.807, 2.05) is 24.3 Å². The average molecular weight is 354 g/mol. The normalized spacial score (nSPS) is 13.3. The summed E-state index contributed by atoms with van der Waals surface area (Å²) in [5.41, 5.74) is 2.52. The molecular formula is C20H22N2O4. The molecular weight excluding hydrogens is 332 g/mol. The molecule has 2 aromatic carbocycles. The first-order chi connectivity index (χ1) is 12.3. The number of benzene rings is 2. The van der Waals surface area contributed by atoms with E-state index in [4.69, 9.17) is 9.47 Å². The second kappa shape index (κ2) is 7.07. The summed E-state index contributed by atoms with van der Waals surface area (Å²) in [5.74, 6) is 0.589. The second-order valence-corrected chi connectivity index (χ2v) is 7.16. The van der Waals surface area contributed by atoms with Crippen molar-refractivity contribution < 1.29 is 19.1 Å². The van der Waals surface area contributed by atoms with Crippen LogP contribution in [0.2, 0.25) is 0 Å². The maximum atomic E-state index is 12.1. The first kappa shape index (κ1) is 17.8. The Morgan fingerprint density at radius 2 is 1.92 bits per heavy atom. The smallest absolute Gasteiger partial charge is 0.262 e. The van der Waals surface area contributed by atoms with Crippen molar-refractivity contribution in [1.29, 1.82) is 0 Å². The number of anilines is 2. The summed E-state index contributed by atoms with van der Waals surface area (Å²) in [6, 6.07) is 12.8. The topological polar surface area (TPSA) is 76.7 Å². The summed E-state index contributed by atoms with van der Waals surface area (Å²) in [5, 5.41) is 5.50. The second-order valence-electron chi connectivity index (χ2n) is 7.16. The zero-order chi connectivity index (χ0) is 18.7. The predicted molar refractivity (Wildman–Crippen MR) is 99.8 cm³/mol. The van der Waals surface area contributed by atoms with Gasteiger partial charge in [-0.2, -0.15) is 0 Å². The number of fused-ring (bicyclic) bond motifs is 1. The predicted octanol–water partition coefficient (Wildman–Crippen LogP) is 3.33. The highest BCUT2D eigenvalue weighted by atomic mass is 16.5. The van der Waals surface area contributed by atoms with Gasteiger partial charge in [0.1, 0.15) is 11.5 Å². The lowest BCUT2D eigenvalue weighted by molar-refractivity contribution is -0.119. The summed E-state index contributed by atoms with van der Waals surface area (Å²) < 4.78 is 10.8. The molecule has 0 aromatic heterocycles. The first-order valence-corrected chi connectivity index (χ1v) is 8.41. The lowest BCUT2D eigenvalue weighted by atomic mass is 9.87. The third kappa shape index (κ3) is 4.33. The molecule has 6 nitrogen and oxygen atoms in total. The minimum absolute atomic E-state index is 0.00358. The number of carbonyl (C=O) groups is 2. The molecule has 1 heterocycles. The van der Waals surface area contributed by atoms with Gasteiger partial charge < -0.3 is 20.1 Å². The monoisotopic (exact) mass is 354 g/mol. The Morgan fingerprint density at radius 1 is 1.19 bits per heavy atom. The number of hydrogen-bond donors (Lipinski definition) is 2. The quantitative estimate of drug-likeness (QED) is 0.883. The Hall–Kier alpha value is -3.02. The van der Waals surface area contributed by atoms with Gasteiger partial charge in [0.15, 0.2) is 13.2 Å². The molecule has 0 bridgehead atoms. The SMILES string of the molecule is CC(C)(C)c1ccc(NC(=O)COc2ccc3c(c2)NC(=O)CO3)cc1. The minimum atomic E-state index is -0.258. The summed E-state index contributed by atoms with van der Waals surface area (Å²) in [6.07, 6.45) is 0. The van der Waals surface area contributed by atoms with Crippen LogP contribution in [0.4, 0.5) is 11.4 Å². The van der Waals surface area contributed by atoms with Gasteiger partial charge in [0, 0.05) is 11.8 Å². The Kier molecular flexibility index (Phi) is 4.84. The van der Waals surface area contributed by atoms with Gasteiger partial charge in [-0.3, -0.25) is 9.59 Å². The van der Waals surface area contributed by atoms with Gasteiger partial charge in [-0.05, 0) is 35.2 Å². The molecule has 26 heavy (non-hydrogen) atoms. The molecule has 0 aliphatic carbocycles. The third-order valence-electron chi connectivity index (χ3n) is 3.99.